The summed E-state index contributed by atoms with van der Waals surface area (Å²) < 4.78 is 36.0. The Hall–Kier alpha value is -0.780. The van der Waals surface area contributed by atoms with Gasteiger partial charge in [0, 0.05) is 25.9 Å². The van der Waals surface area contributed by atoms with Crippen LogP contribution in [0.2, 0.25) is 0 Å². The number of nitrogens with two attached hydrogens (primary N) is 1. The maximum absolute atomic E-state index is 12.0. The molecule has 0 amide bonds. The number of rotatable bonds is 8. The Morgan fingerprint density at radius 1 is 1.29 bits per heavy atom. The zero-order valence-electron chi connectivity index (χ0n) is 10.5. The number of halogens is 3. The monoisotopic (exact) mass is 253 g/mol. The smallest absolute Gasteiger partial charge is 0.388 e. The van der Waals surface area contributed by atoms with Crippen LogP contribution in [-0.4, -0.2) is 36.5 Å². The van der Waals surface area contributed by atoms with Gasteiger partial charge in [-0.1, -0.05) is 13.8 Å². The minimum absolute atomic E-state index is 0.0783. The van der Waals surface area contributed by atoms with Crippen LogP contribution < -0.4 is 5.73 Å². The third-order valence-corrected chi connectivity index (χ3v) is 2.26. The second kappa shape index (κ2) is 7.53. The molecule has 0 heterocycles. The summed E-state index contributed by atoms with van der Waals surface area (Å²) in [7, 11) is 0. The Morgan fingerprint density at radius 2 is 1.88 bits per heavy atom. The van der Waals surface area contributed by atoms with Crippen molar-refractivity contribution in [1.29, 1.82) is 5.41 Å². The fourth-order valence-electron chi connectivity index (χ4n) is 1.59. The van der Waals surface area contributed by atoms with Gasteiger partial charge in [-0.2, -0.15) is 13.2 Å². The number of alkyl halides is 3. The minimum Gasteiger partial charge on any atom is -0.388 e. The summed E-state index contributed by atoms with van der Waals surface area (Å²) in [6, 6.07) is 0. The first-order valence-electron chi connectivity index (χ1n) is 5.82. The van der Waals surface area contributed by atoms with Crippen molar-refractivity contribution in [2.45, 2.75) is 39.3 Å². The van der Waals surface area contributed by atoms with Crippen molar-refractivity contribution < 1.29 is 13.2 Å². The lowest BCUT2D eigenvalue weighted by molar-refractivity contribution is -0.136. The predicted octanol–water partition coefficient (Wildman–Crippen LogP) is 2.61. The van der Waals surface area contributed by atoms with Crippen LogP contribution in [0.25, 0.3) is 0 Å². The topological polar surface area (TPSA) is 53.1 Å². The fourth-order valence-corrected chi connectivity index (χ4v) is 1.59. The standard InChI is InChI=1S/C11H22F3N3/c1-9(2)8-17(7-4-10(15)16)6-3-5-11(12,13)14/h9H,3-8H2,1-2H3,(H3,15,16). The highest BCUT2D eigenvalue weighted by atomic mass is 19.4. The van der Waals surface area contributed by atoms with Crippen LogP contribution in [-0.2, 0) is 0 Å². The summed E-state index contributed by atoms with van der Waals surface area (Å²) >= 11 is 0. The summed E-state index contributed by atoms with van der Waals surface area (Å²) in [5, 5.41) is 7.12. The van der Waals surface area contributed by atoms with E-state index in [1.54, 1.807) is 0 Å². The molecule has 0 saturated heterocycles. The Kier molecular flexibility index (Phi) is 7.18. The van der Waals surface area contributed by atoms with Crippen molar-refractivity contribution in [3.63, 3.8) is 0 Å². The largest absolute Gasteiger partial charge is 0.389 e. The van der Waals surface area contributed by atoms with Gasteiger partial charge in [-0.3, -0.25) is 5.41 Å². The number of nitrogens with zero attached hydrogens (tertiary/aromatic N) is 1. The van der Waals surface area contributed by atoms with E-state index in [-0.39, 0.29) is 12.3 Å². The van der Waals surface area contributed by atoms with Crippen molar-refractivity contribution in [1.82, 2.24) is 4.90 Å². The normalized spacial score (nSPS) is 12.4. The third-order valence-electron chi connectivity index (χ3n) is 2.26. The molecule has 0 fully saturated rings. The van der Waals surface area contributed by atoms with Crippen LogP contribution >= 0.6 is 0 Å². The Labute approximate surface area is 101 Å². The maximum atomic E-state index is 12.0. The lowest BCUT2D eigenvalue weighted by Gasteiger charge is -2.24. The molecule has 17 heavy (non-hydrogen) atoms. The highest BCUT2D eigenvalue weighted by Crippen LogP contribution is 2.21. The molecule has 0 bridgehead atoms. The van der Waals surface area contributed by atoms with Gasteiger partial charge in [0.2, 0.25) is 0 Å². The third kappa shape index (κ3) is 11.5. The van der Waals surface area contributed by atoms with Crippen molar-refractivity contribution in [3.05, 3.63) is 0 Å². The van der Waals surface area contributed by atoms with Gasteiger partial charge in [-0.15, -0.1) is 0 Å². The first kappa shape index (κ1) is 16.2. The van der Waals surface area contributed by atoms with E-state index in [0.717, 1.165) is 6.54 Å². The van der Waals surface area contributed by atoms with Crippen molar-refractivity contribution >= 4 is 5.84 Å². The average molecular weight is 253 g/mol. The lowest BCUT2D eigenvalue weighted by atomic mass is 10.2. The first-order chi connectivity index (χ1) is 7.70. The van der Waals surface area contributed by atoms with Gasteiger partial charge in [-0.25, -0.2) is 0 Å². The first-order valence-corrected chi connectivity index (χ1v) is 5.82. The minimum atomic E-state index is -4.08. The van der Waals surface area contributed by atoms with Crippen LogP contribution in [0.1, 0.15) is 33.1 Å². The summed E-state index contributed by atoms with van der Waals surface area (Å²) in [5.74, 6) is 0.474. The van der Waals surface area contributed by atoms with Crippen molar-refractivity contribution in [2.24, 2.45) is 11.7 Å². The van der Waals surface area contributed by atoms with Gasteiger partial charge in [-0.05, 0) is 18.9 Å². The van der Waals surface area contributed by atoms with E-state index >= 15 is 0 Å². The van der Waals surface area contributed by atoms with E-state index in [1.807, 2.05) is 18.7 Å². The molecular formula is C11H22F3N3. The van der Waals surface area contributed by atoms with E-state index in [9.17, 15) is 13.2 Å². The van der Waals surface area contributed by atoms with Gasteiger partial charge in [0.25, 0.3) is 0 Å². The summed E-state index contributed by atoms with van der Waals surface area (Å²) in [6.07, 6.45) is -4.31. The molecule has 0 aromatic heterocycles. The molecule has 0 radical (unpaired) electrons. The molecule has 0 aliphatic heterocycles. The molecule has 6 heteroatoms. The summed E-state index contributed by atoms with van der Waals surface area (Å²) in [4.78, 5) is 1.94. The van der Waals surface area contributed by atoms with Crippen LogP contribution in [0.3, 0.4) is 0 Å². The highest BCUT2D eigenvalue weighted by molar-refractivity contribution is 5.76. The molecule has 0 spiro atoms. The van der Waals surface area contributed by atoms with E-state index < -0.39 is 12.6 Å². The molecular weight excluding hydrogens is 231 g/mol. The number of hydrogen-bond acceptors (Lipinski definition) is 2. The molecule has 0 aliphatic rings. The maximum Gasteiger partial charge on any atom is 0.389 e. The van der Waals surface area contributed by atoms with Crippen molar-refractivity contribution in [2.75, 3.05) is 19.6 Å². The molecule has 3 N–H and O–H groups in total. The van der Waals surface area contributed by atoms with Gasteiger partial charge < -0.3 is 10.6 Å². The predicted molar refractivity (Wildman–Crippen MR) is 63.1 cm³/mol. The number of nitrogens with one attached hydrogen (secondary N) is 1. The molecule has 0 unspecified atom stereocenters. The molecule has 0 atom stereocenters. The molecule has 102 valence electrons. The molecule has 0 aromatic carbocycles. The lowest BCUT2D eigenvalue weighted by Crippen LogP contribution is -2.32. The van der Waals surface area contributed by atoms with Gasteiger partial charge >= 0.3 is 6.18 Å². The van der Waals surface area contributed by atoms with Crippen molar-refractivity contribution in [3.8, 4) is 0 Å². The average Bonchev–Trinajstić information content (AvgIpc) is 2.10. The molecule has 0 aliphatic carbocycles. The number of amidine groups is 1. The molecule has 0 rings (SSSR count). The van der Waals surface area contributed by atoms with E-state index in [1.165, 1.54) is 0 Å². The highest BCUT2D eigenvalue weighted by Gasteiger charge is 2.26. The SMILES string of the molecule is CC(C)CN(CCCC(F)(F)F)CCC(=N)N. The van der Waals surface area contributed by atoms with Gasteiger partial charge in [0.15, 0.2) is 0 Å². The molecule has 0 saturated carbocycles. The van der Waals surface area contributed by atoms with Crippen LogP contribution in [0.15, 0.2) is 0 Å². The fraction of sp³-hybridized carbons (Fsp3) is 0.909. The van der Waals surface area contributed by atoms with Crippen LogP contribution in [0, 0.1) is 11.3 Å². The summed E-state index contributed by atoms with van der Waals surface area (Å²) in [6.45, 7) is 5.75. The Balaban J connectivity index is 3.97. The van der Waals surface area contributed by atoms with Gasteiger partial charge in [0.1, 0.15) is 0 Å². The van der Waals surface area contributed by atoms with E-state index in [4.69, 9.17) is 11.1 Å². The van der Waals surface area contributed by atoms with Crippen LogP contribution in [0.4, 0.5) is 13.2 Å². The second-order valence-corrected chi connectivity index (χ2v) is 4.69. The number of hydrogen-bond donors (Lipinski definition) is 2. The molecule has 3 nitrogen and oxygen atoms in total. The Morgan fingerprint density at radius 3 is 2.29 bits per heavy atom. The van der Waals surface area contributed by atoms with Gasteiger partial charge in [0.05, 0.1) is 5.84 Å². The zero-order valence-corrected chi connectivity index (χ0v) is 10.5. The Bertz CT molecular complexity index is 226. The van der Waals surface area contributed by atoms with Crippen LogP contribution in [0.5, 0.6) is 0 Å². The quantitative estimate of drug-likeness (QED) is 0.516. The van der Waals surface area contributed by atoms with E-state index in [0.29, 0.717) is 25.4 Å². The molecule has 0 aromatic rings. The summed E-state index contributed by atoms with van der Waals surface area (Å²) in [5.41, 5.74) is 5.25. The zero-order chi connectivity index (χ0) is 13.5. The second-order valence-electron chi connectivity index (χ2n) is 4.69. The van der Waals surface area contributed by atoms with E-state index in [2.05, 4.69) is 0 Å².